The smallest absolute Gasteiger partial charge is 0.269 e. The topological polar surface area (TPSA) is 114 Å². The minimum Gasteiger partial charge on any atom is -0.507 e. The number of anilines is 1. The molecule has 3 aromatic carbocycles. The molecule has 0 aliphatic heterocycles. The predicted octanol–water partition coefficient (Wildman–Crippen LogP) is 4.87. The monoisotopic (exact) mass is 411 g/mol. The molecule has 0 saturated heterocycles. The zero-order valence-corrected chi connectivity index (χ0v) is 16.2. The van der Waals surface area contributed by atoms with Gasteiger partial charge in [0.1, 0.15) is 5.75 Å². The number of aromatic nitrogens is 2. The molecule has 4 aromatic rings. The van der Waals surface area contributed by atoms with Gasteiger partial charge in [0.05, 0.1) is 22.5 Å². The van der Waals surface area contributed by atoms with E-state index >= 15 is 0 Å². The van der Waals surface area contributed by atoms with Crippen LogP contribution < -0.4 is 5.43 Å². The number of non-ortho nitro benzene ring substituents is 1. The molecular weight excluding hydrogens is 394 g/mol. The molecule has 0 atom stereocenters. The van der Waals surface area contributed by atoms with Crippen molar-refractivity contribution < 1.29 is 10.0 Å². The molecule has 0 saturated carbocycles. The summed E-state index contributed by atoms with van der Waals surface area (Å²) in [6, 6.07) is 24.3. The lowest BCUT2D eigenvalue weighted by Gasteiger charge is -2.09. The molecule has 8 nitrogen and oxygen atoms in total. The second-order valence-corrected chi connectivity index (χ2v) is 6.56. The number of nitro groups is 1. The van der Waals surface area contributed by atoms with E-state index in [1.165, 1.54) is 18.3 Å². The van der Waals surface area contributed by atoms with Crippen LogP contribution in [0.25, 0.3) is 22.5 Å². The highest BCUT2D eigenvalue weighted by Crippen LogP contribution is 2.30. The molecule has 31 heavy (non-hydrogen) atoms. The van der Waals surface area contributed by atoms with Gasteiger partial charge in [0.2, 0.25) is 5.95 Å². The average Bonchev–Trinajstić information content (AvgIpc) is 2.80. The number of hydrogen-bond acceptors (Lipinski definition) is 7. The molecule has 2 N–H and O–H groups in total. The first-order valence-corrected chi connectivity index (χ1v) is 9.36. The molecule has 152 valence electrons. The summed E-state index contributed by atoms with van der Waals surface area (Å²) in [5, 5.41) is 25.1. The van der Waals surface area contributed by atoms with Gasteiger partial charge in [-0.2, -0.15) is 5.10 Å². The highest BCUT2D eigenvalue weighted by atomic mass is 16.6. The van der Waals surface area contributed by atoms with E-state index in [1.807, 2.05) is 36.4 Å². The summed E-state index contributed by atoms with van der Waals surface area (Å²) < 4.78 is 0. The summed E-state index contributed by atoms with van der Waals surface area (Å²) in [4.78, 5) is 19.3. The number of para-hydroxylation sites is 1. The van der Waals surface area contributed by atoms with Crippen molar-refractivity contribution >= 4 is 17.9 Å². The zero-order valence-electron chi connectivity index (χ0n) is 16.2. The number of benzene rings is 3. The minimum atomic E-state index is -0.456. The molecule has 0 spiro atoms. The second-order valence-electron chi connectivity index (χ2n) is 6.56. The van der Waals surface area contributed by atoms with Crippen LogP contribution in [0.4, 0.5) is 11.6 Å². The van der Waals surface area contributed by atoms with E-state index in [9.17, 15) is 15.2 Å². The Balaban J connectivity index is 1.65. The summed E-state index contributed by atoms with van der Waals surface area (Å²) in [5.74, 6) is 0.360. The lowest BCUT2D eigenvalue weighted by Crippen LogP contribution is -2.00. The van der Waals surface area contributed by atoms with Crippen molar-refractivity contribution in [2.45, 2.75) is 0 Å². The summed E-state index contributed by atoms with van der Waals surface area (Å²) in [6.45, 7) is 0. The Hall–Kier alpha value is -4.59. The van der Waals surface area contributed by atoms with Gasteiger partial charge in [-0.3, -0.25) is 10.1 Å². The molecule has 0 aliphatic carbocycles. The van der Waals surface area contributed by atoms with Gasteiger partial charge in [0.15, 0.2) is 0 Å². The second kappa shape index (κ2) is 8.83. The van der Waals surface area contributed by atoms with Crippen LogP contribution >= 0.6 is 0 Å². The Morgan fingerprint density at radius 2 is 1.58 bits per heavy atom. The Morgan fingerprint density at radius 1 is 0.903 bits per heavy atom. The molecule has 0 aliphatic rings. The van der Waals surface area contributed by atoms with Gasteiger partial charge in [0.25, 0.3) is 5.69 Å². The van der Waals surface area contributed by atoms with E-state index in [0.717, 1.165) is 5.56 Å². The Morgan fingerprint density at radius 3 is 2.29 bits per heavy atom. The van der Waals surface area contributed by atoms with Crippen LogP contribution in [0.2, 0.25) is 0 Å². The highest BCUT2D eigenvalue weighted by Gasteiger charge is 2.11. The number of nitrogens with one attached hydrogen (secondary N) is 1. The third kappa shape index (κ3) is 4.70. The van der Waals surface area contributed by atoms with E-state index in [4.69, 9.17) is 0 Å². The van der Waals surface area contributed by atoms with Gasteiger partial charge >= 0.3 is 0 Å². The van der Waals surface area contributed by atoms with Crippen molar-refractivity contribution in [3.8, 4) is 28.3 Å². The first kappa shape index (κ1) is 19.7. The van der Waals surface area contributed by atoms with Crippen molar-refractivity contribution in [3.05, 3.63) is 101 Å². The fourth-order valence-electron chi connectivity index (χ4n) is 2.93. The van der Waals surface area contributed by atoms with Crippen LogP contribution in [0.15, 0.2) is 90.0 Å². The Bertz CT molecular complexity index is 1240. The molecule has 0 fully saturated rings. The summed E-state index contributed by atoms with van der Waals surface area (Å²) in [5.41, 5.74) is 6.17. The van der Waals surface area contributed by atoms with Gasteiger partial charge in [-0.15, -0.1) is 0 Å². The molecule has 4 rings (SSSR count). The number of hydrazone groups is 1. The summed E-state index contributed by atoms with van der Waals surface area (Å²) >= 11 is 0. The number of phenolic OH excluding ortho intramolecular Hbond substituents is 1. The fraction of sp³-hybridized carbons (Fsp3) is 0. The van der Waals surface area contributed by atoms with Gasteiger partial charge < -0.3 is 5.11 Å². The maximum absolute atomic E-state index is 10.8. The van der Waals surface area contributed by atoms with E-state index in [2.05, 4.69) is 20.5 Å². The predicted molar refractivity (Wildman–Crippen MR) is 119 cm³/mol. The first-order chi connectivity index (χ1) is 15.1. The van der Waals surface area contributed by atoms with Gasteiger partial charge in [0, 0.05) is 23.3 Å². The van der Waals surface area contributed by atoms with E-state index in [-0.39, 0.29) is 17.4 Å². The van der Waals surface area contributed by atoms with Crippen LogP contribution in [-0.4, -0.2) is 26.2 Å². The van der Waals surface area contributed by atoms with Crippen molar-refractivity contribution in [3.63, 3.8) is 0 Å². The maximum atomic E-state index is 10.8. The summed E-state index contributed by atoms with van der Waals surface area (Å²) in [7, 11) is 0. The first-order valence-electron chi connectivity index (χ1n) is 9.36. The third-order valence-electron chi connectivity index (χ3n) is 4.46. The quantitative estimate of drug-likeness (QED) is 0.266. The lowest BCUT2D eigenvalue weighted by atomic mass is 10.1. The van der Waals surface area contributed by atoms with Crippen LogP contribution in [-0.2, 0) is 0 Å². The lowest BCUT2D eigenvalue weighted by molar-refractivity contribution is -0.384. The van der Waals surface area contributed by atoms with E-state index in [1.54, 1.807) is 36.4 Å². The Kier molecular flexibility index (Phi) is 5.62. The molecule has 1 heterocycles. The minimum absolute atomic E-state index is 0.0105. The molecule has 1 aromatic heterocycles. The highest BCUT2D eigenvalue weighted by molar-refractivity contribution is 5.80. The number of rotatable bonds is 6. The standard InChI is InChI=1S/C23H17N5O3/c29-22-9-5-4-8-19(22)21-14-20(17-6-2-1-3-7-17)25-23(26-21)27-24-15-16-10-12-18(13-11-16)28(30)31/h1-15,29H,(H,25,26,27). The maximum Gasteiger partial charge on any atom is 0.269 e. The molecule has 0 amide bonds. The molecule has 0 radical (unpaired) electrons. The zero-order chi connectivity index (χ0) is 21.6. The fourth-order valence-corrected chi connectivity index (χ4v) is 2.93. The number of hydrogen-bond donors (Lipinski definition) is 2. The van der Waals surface area contributed by atoms with E-state index < -0.39 is 4.92 Å². The number of nitro benzene ring substituents is 1. The number of nitrogens with zero attached hydrogens (tertiary/aromatic N) is 4. The number of aromatic hydroxyl groups is 1. The van der Waals surface area contributed by atoms with Crippen molar-refractivity contribution in [1.82, 2.24) is 9.97 Å². The van der Waals surface area contributed by atoms with Crippen molar-refractivity contribution in [1.29, 1.82) is 0 Å². The average molecular weight is 411 g/mol. The van der Waals surface area contributed by atoms with Crippen LogP contribution in [0.3, 0.4) is 0 Å². The van der Waals surface area contributed by atoms with Crippen molar-refractivity contribution in [2.75, 3.05) is 5.43 Å². The van der Waals surface area contributed by atoms with Crippen LogP contribution in [0.1, 0.15) is 5.56 Å². The van der Waals surface area contributed by atoms with Crippen LogP contribution in [0.5, 0.6) is 5.75 Å². The Labute approximate surface area is 177 Å². The largest absolute Gasteiger partial charge is 0.507 e. The number of phenols is 1. The van der Waals surface area contributed by atoms with Gasteiger partial charge in [-0.05, 0) is 35.9 Å². The SMILES string of the molecule is O=[N+]([O-])c1ccc(C=NNc2nc(-c3ccccc3)cc(-c3ccccc3O)n2)cc1. The van der Waals surface area contributed by atoms with Gasteiger partial charge in [-0.1, -0.05) is 42.5 Å². The van der Waals surface area contributed by atoms with Crippen molar-refractivity contribution in [2.24, 2.45) is 5.10 Å². The molecular formula is C23H17N5O3. The third-order valence-corrected chi connectivity index (χ3v) is 4.46. The molecule has 0 bridgehead atoms. The van der Waals surface area contributed by atoms with Gasteiger partial charge in [-0.25, -0.2) is 15.4 Å². The summed E-state index contributed by atoms with van der Waals surface area (Å²) in [6.07, 6.45) is 1.52. The normalized spacial score (nSPS) is 10.8. The molecule has 0 unspecified atom stereocenters. The molecule has 8 heteroatoms. The van der Waals surface area contributed by atoms with E-state index in [0.29, 0.717) is 22.5 Å². The van der Waals surface area contributed by atoms with Crippen LogP contribution in [0, 0.1) is 10.1 Å².